The molecule has 0 aromatic carbocycles. The number of amides is 1. The summed E-state index contributed by atoms with van der Waals surface area (Å²) in [6, 6.07) is 2.03. The third-order valence-corrected chi connectivity index (χ3v) is 2.58. The molecule has 1 aromatic heterocycles. The molecule has 84 valence electrons. The van der Waals surface area contributed by atoms with Crippen molar-refractivity contribution in [3.8, 4) is 0 Å². The van der Waals surface area contributed by atoms with E-state index in [0.29, 0.717) is 5.69 Å². The van der Waals surface area contributed by atoms with Gasteiger partial charge in [0.25, 0.3) is 5.91 Å². The number of halogens is 1. The van der Waals surface area contributed by atoms with Gasteiger partial charge in [-0.25, -0.2) is 5.06 Å². The summed E-state index contributed by atoms with van der Waals surface area (Å²) in [5.74, 6) is -0.156. The number of hydrogen-bond acceptors (Lipinski definition) is 2. The highest BCUT2D eigenvalue weighted by atomic mass is 79.9. The summed E-state index contributed by atoms with van der Waals surface area (Å²) in [5.41, 5.74) is 0.612. The second-order valence-corrected chi connectivity index (χ2v) is 4.45. The Hall–Kier alpha value is -0.810. The fraction of sp³-hybridized carbons (Fsp3) is 0.500. The Morgan fingerprint density at radius 3 is 2.67 bits per heavy atom. The number of carbonyl (C=O) groups is 1. The van der Waals surface area contributed by atoms with Crippen molar-refractivity contribution in [2.45, 2.75) is 19.9 Å². The summed E-state index contributed by atoms with van der Waals surface area (Å²) in [7, 11) is 3.06. The molecule has 0 aliphatic rings. The first-order chi connectivity index (χ1) is 6.97. The van der Waals surface area contributed by atoms with Crippen molar-refractivity contribution in [3.05, 3.63) is 22.4 Å². The molecule has 0 spiro atoms. The number of hydrogen-bond donors (Lipinski definition) is 0. The smallest absolute Gasteiger partial charge is 0.293 e. The van der Waals surface area contributed by atoms with E-state index in [-0.39, 0.29) is 11.9 Å². The van der Waals surface area contributed by atoms with Gasteiger partial charge in [-0.05, 0) is 35.8 Å². The average molecular weight is 275 g/mol. The maximum absolute atomic E-state index is 11.9. The number of carbonyl (C=O) groups excluding carboxylic acids is 1. The van der Waals surface area contributed by atoms with Crippen molar-refractivity contribution in [1.82, 2.24) is 9.63 Å². The number of aromatic nitrogens is 1. The highest BCUT2D eigenvalue weighted by Crippen LogP contribution is 2.20. The van der Waals surface area contributed by atoms with Gasteiger partial charge >= 0.3 is 0 Å². The minimum atomic E-state index is -0.156. The van der Waals surface area contributed by atoms with E-state index >= 15 is 0 Å². The summed E-state index contributed by atoms with van der Waals surface area (Å²) < 4.78 is 2.80. The van der Waals surface area contributed by atoms with Gasteiger partial charge in [0.2, 0.25) is 0 Å². The van der Waals surface area contributed by atoms with E-state index in [0.717, 1.165) is 4.47 Å². The van der Waals surface area contributed by atoms with Crippen molar-refractivity contribution in [2.24, 2.45) is 0 Å². The fourth-order valence-electron chi connectivity index (χ4n) is 1.29. The molecule has 0 unspecified atom stereocenters. The number of hydroxylamine groups is 2. The van der Waals surface area contributed by atoms with Gasteiger partial charge in [0, 0.05) is 23.8 Å². The van der Waals surface area contributed by atoms with Crippen molar-refractivity contribution in [3.63, 3.8) is 0 Å². The Labute approximate surface area is 97.9 Å². The molecule has 1 amide bonds. The Morgan fingerprint density at radius 2 is 2.20 bits per heavy atom. The Morgan fingerprint density at radius 1 is 1.60 bits per heavy atom. The van der Waals surface area contributed by atoms with Crippen LogP contribution in [-0.2, 0) is 4.84 Å². The van der Waals surface area contributed by atoms with Crippen LogP contribution in [0.15, 0.2) is 16.7 Å². The van der Waals surface area contributed by atoms with Crippen molar-refractivity contribution < 1.29 is 9.63 Å². The first-order valence-electron chi connectivity index (χ1n) is 4.67. The van der Waals surface area contributed by atoms with Crippen LogP contribution in [-0.4, -0.2) is 29.7 Å². The molecule has 0 saturated heterocycles. The van der Waals surface area contributed by atoms with E-state index in [4.69, 9.17) is 4.84 Å². The van der Waals surface area contributed by atoms with Crippen molar-refractivity contribution in [2.75, 3.05) is 14.2 Å². The SMILES string of the molecule is CON(C)C(=O)c1cc(Br)cn1C(C)C. The van der Waals surface area contributed by atoms with Gasteiger partial charge in [0.15, 0.2) is 0 Å². The Bertz CT molecular complexity index is 360. The standard InChI is InChI=1S/C10H15BrN2O2/c1-7(2)13-6-8(11)5-9(13)10(14)12(3)15-4/h5-7H,1-4H3. The second kappa shape index (κ2) is 4.81. The van der Waals surface area contributed by atoms with Gasteiger partial charge < -0.3 is 4.57 Å². The summed E-state index contributed by atoms with van der Waals surface area (Å²) >= 11 is 3.36. The van der Waals surface area contributed by atoms with Crippen LogP contribution in [0, 0.1) is 0 Å². The van der Waals surface area contributed by atoms with Crippen LogP contribution in [0.25, 0.3) is 0 Å². The van der Waals surface area contributed by atoms with Gasteiger partial charge in [-0.3, -0.25) is 9.63 Å². The molecule has 0 saturated carbocycles. The molecule has 0 fully saturated rings. The van der Waals surface area contributed by atoms with Gasteiger partial charge in [-0.2, -0.15) is 0 Å². The van der Waals surface area contributed by atoms with Gasteiger partial charge in [-0.1, -0.05) is 0 Å². The molecule has 5 heteroatoms. The second-order valence-electron chi connectivity index (χ2n) is 3.53. The van der Waals surface area contributed by atoms with E-state index in [9.17, 15) is 4.79 Å². The van der Waals surface area contributed by atoms with Gasteiger partial charge in [0.05, 0.1) is 7.11 Å². The van der Waals surface area contributed by atoms with Gasteiger partial charge in [0.1, 0.15) is 5.69 Å². The van der Waals surface area contributed by atoms with E-state index in [2.05, 4.69) is 15.9 Å². The summed E-state index contributed by atoms with van der Waals surface area (Å²) in [6.45, 7) is 4.05. The van der Waals surface area contributed by atoms with Crippen molar-refractivity contribution >= 4 is 21.8 Å². The molecular formula is C10H15BrN2O2. The van der Waals surface area contributed by atoms with Crippen LogP contribution in [0.1, 0.15) is 30.4 Å². The normalized spacial score (nSPS) is 10.8. The molecular weight excluding hydrogens is 260 g/mol. The summed E-state index contributed by atoms with van der Waals surface area (Å²) in [4.78, 5) is 16.7. The zero-order chi connectivity index (χ0) is 11.6. The number of nitrogens with zero attached hydrogens (tertiary/aromatic N) is 2. The van der Waals surface area contributed by atoms with E-state index in [1.165, 1.54) is 12.2 Å². The first-order valence-corrected chi connectivity index (χ1v) is 5.46. The fourth-order valence-corrected chi connectivity index (χ4v) is 1.73. The lowest BCUT2D eigenvalue weighted by molar-refractivity contribution is -0.0763. The first kappa shape index (κ1) is 12.3. The third kappa shape index (κ3) is 2.60. The summed E-state index contributed by atoms with van der Waals surface area (Å²) in [6.07, 6.45) is 1.89. The van der Waals surface area contributed by atoms with Gasteiger partial charge in [-0.15, -0.1) is 0 Å². The van der Waals surface area contributed by atoms with Crippen LogP contribution < -0.4 is 0 Å². The third-order valence-electron chi connectivity index (χ3n) is 2.15. The monoisotopic (exact) mass is 274 g/mol. The molecule has 1 rings (SSSR count). The van der Waals surface area contributed by atoms with Crippen LogP contribution in [0.3, 0.4) is 0 Å². The highest BCUT2D eigenvalue weighted by Gasteiger charge is 2.18. The Kier molecular flexibility index (Phi) is 3.93. The van der Waals surface area contributed by atoms with Crippen LogP contribution in [0.5, 0.6) is 0 Å². The van der Waals surface area contributed by atoms with Crippen LogP contribution in [0.2, 0.25) is 0 Å². The molecule has 15 heavy (non-hydrogen) atoms. The van der Waals surface area contributed by atoms with Crippen LogP contribution >= 0.6 is 15.9 Å². The zero-order valence-electron chi connectivity index (χ0n) is 9.32. The molecule has 1 aromatic rings. The zero-order valence-corrected chi connectivity index (χ0v) is 10.9. The van der Waals surface area contributed by atoms with Crippen LogP contribution in [0.4, 0.5) is 0 Å². The topological polar surface area (TPSA) is 34.5 Å². The maximum atomic E-state index is 11.9. The lowest BCUT2D eigenvalue weighted by Crippen LogP contribution is -2.27. The molecule has 1 heterocycles. The lowest BCUT2D eigenvalue weighted by Gasteiger charge is -2.17. The predicted molar refractivity (Wildman–Crippen MR) is 61.6 cm³/mol. The maximum Gasteiger partial charge on any atom is 0.293 e. The molecule has 0 atom stereocenters. The lowest BCUT2D eigenvalue weighted by atomic mass is 10.3. The highest BCUT2D eigenvalue weighted by molar-refractivity contribution is 9.10. The van der Waals surface area contributed by atoms with E-state index in [1.807, 2.05) is 24.6 Å². The molecule has 4 nitrogen and oxygen atoms in total. The Balaban J connectivity index is 3.07. The molecule has 0 bridgehead atoms. The predicted octanol–water partition coefficient (Wildman–Crippen LogP) is 2.46. The minimum absolute atomic E-state index is 0.156. The average Bonchev–Trinajstić information content (AvgIpc) is 2.58. The molecule has 0 N–H and O–H groups in total. The summed E-state index contributed by atoms with van der Waals surface area (Å²) in [5, 5.41) is 1.21. The molecule has 0 aliphatic heterocycles. The molecule has 0 aliphatic carbocycles. The number of rotatable bonds is 3. The van der Waals surface area contributed by atoms with E-state index < -0.39 is 0 Å². The largest absolute Gasteiger partial charge is 0.340 e. The quantitative estimate of drug-likeness (QED) is 0.794. The van der Waals surface area contributed by atoms with E-state index in [1.54, 1.807) is 13.1 Å². The van der Waals surface area contributed by atoms with Crippen molar-refractivity contribution in [1.29, 1.82) is 0 Å². The minimum Gasteiger partial charge on any atom is -0.340 e. The molecule has 0 radical (unpaired) electrons.